The number of carbonyl (C=O) groups excluding carboxylic acids is 2. The first-order chi connectivity index (χ1) is 8.51. The van der Waals surface area contributed by atoms with Gasteiger partial charge in [-0.25, -0.2) is 8.78 Å². The van der Waals surface area contributed by atoms with Crippen LogP contribution in [0, 0.1) is 17.0 Å². The van der Waals surface area contributed by atoms with Crippen molar-refractivity contribution in [1.29, 1.82) is 0 Å². The first kappa shape index (κ1) is 12.7. The summed E-state index contributed by atoms with van der Waals surface area (Å²) < 4.78 is 31.1. The van der Waals surface area contributed by atoms with E-state index < -0.39 is 28.8 Å². The predicted octanol–water partition coefficient (Wildman–Crippen LogP) is 2.49. The van der Waals surface area contributed by atoms with Gasteiger partial charge in [0.1, 0.15) is 17.0 Å². The third-order valence-corrected chi connectivity index (χ3v) is 3.03. The maximum Gasteiger partial charge on any atom is 0.320 e. The van der Waals surface area contributed by atoms with Gasteiger partial charge in [0.15, 0.2) is 5.78 Å². The van der Waals surface area contributed by atoms with Gasteiger partial charge in [-0.3, -0.25) is 9.59 Å². The molecule has 1 aliphatic rings. The van der Waals surface area contributed by atoms with E-state index >= 15 is 0 Å². The van der Waals surface area contributed by atoms with Gasteiger partial charge in [0.25, 0.3) is 0 Å². The number of ketones is 1. The Kier molecular flexibility index (Phi) is 3.15. The molecule has 0 unspecified atom stereocenters. The topological polar surface area (TPSA) is 43.4 Å². The number of hydrogen-bond acceptors (Lipinski definition) is 3. The number of esters is 1. The molecule has 0 bridgehead atoms. The smallest absolute Gasteiger partial charge is 0.320 e. The summed E-state index contributed by atoms with van der Waals surface area (Å²) in [7, 11) is 0. The van der Waals surface area contributed by atoms with E-state index in [0.717, 1.165) is 12.1 Å². The minimum absolute atomic E-state index is 0.166. The summed E-state index contributed by atoms with van der Waals surface area (Å²) in [6, 6.07) is 2.69. The second kappa shape index (κ2) is 4.48. The highest BCUT2D eigenvalue weighted by molar-refractivity contribution is 6.14. The number of halogens is 2. The largest absolute Gasteiger partial charge is 0.465 e. The molecule has 0 radical (unpaired) electrons. The average Bonchev–Trinajstić information content (AvgIpc) is 3.09. The number of rotatable bonds is 4. The molecule has 0 aliphatic heterocycles. The molecule has 1 saturated carbocycles. The first-order valence-electron chi connectivity index (χ1n) is 5.68. The summed E-state index contributed by atoms with van der Waals surface area (Å²) in [6.45, 7) is 1.80. The summed E-state index contributed by atoms with van der Waals surface area (Å²) in [5, 5.41) is 0. The predicted molar refractivity (Wildman–Crippen MR) is 59.0 cm³/mol. The fraction of sp³-hybridized carbons (Fsp3) is 0.385. The molecule has 0 heterocycles. The Morgan fingerprint density at radius 3 is 2.50 bits per heavy atom. The highest BCUT2D eigenvalue weighted by Crippen LogP contribution is 2.49. The van der Waals surface area contributed by atoms with Gasteiger partial charge in [0.05, 0.1) is 12.2 Å². The minimum atomic E-state index is -1.26. The van der Waals surface area contributed by atoms with E-state index in [-0.39, 0.29) is 12.2 Å². The molecule has 96 valence electrons. The van der Waals surface area contributed by atoms with E-state index in [2.05, 4.69) is 0 Å². The number of benzene rings is 1. The molecule has 0 aromatic heterocycles. The Balaban J connectivity index is 2.29. The fourth-order valence-electron chi connectivity index (χ4n) is 1.85. The third kappa shape index (κ3) is 2.00. The van der Waals surface area contributed by atoms with Gasteiger partial charge < -0.3 is 4.74 Å². The van der Waals surface area contributed by atoms with Crippen molar-refractivity contribution >= 4 is 11.8 Å². The first-order valence-corrected chi connectivity index (χ1v) is 5.68. The van der Waals surface area contributed by atoms with Crippen LogP contribution >= 0.6 is 0 Å². The van der Waals surface area contributed by atoms with Crippen LogP contribution < -0.4 is 0 Å². The van der Waals surface area contributed by atoms with E-state index in [1.165, 1.54) is 0 Å². The van der Waals surface area contributed by atoms with Gasteiger partial charge >= 0.3 is 5.97 Å². The van der Waals surface area contributed by atoms with Crippen molar-refractivity contribution in [3.8, 4) is 0 Å². The quantitative estimate of drug-likeness (QED) is 0.471. The number of ether oxygens (including phenoxy) is 1. The zero-order valence-corrected chi connectivity index (χ0v) is 9.83. The van der Waals surface area contributed by atoms with Gasteiger partial charge in [-0.15, -0.1) is 0 Å². The average molecular weight is 254 g/mol. The number of carbonyl (C=O) groups is 2. The second-order valence-corrected chi connectivity index (χ2v) is 4.26. The molecule has 0 saturated heterocycles. The van der Waals surface area contributed by atoms with Gasteiger partial charge in [-0.1, -0.05) is 0 Å². The van der Waals surface area contributed by atoms with Gasteiger partial charge in [-0.2, -0.15) is 0 Å². The van der Waals surface area contributed by atoms with E-state index in [4.69, 9.17) is 4.74 Å². The van der Waals surface area contributed by atoms with Crippen LogP contribution in [0.3, 0.4) is 0 Å². The lowest BCUT2D eigenvalue weighted by atomic mass is 9.94. The molecule has 3 nitrogen and oxygen atoms in total. The van der Waals surface area contributed by atoms with Gasteiger partial charge in [0, 0.05) is 6.07 Å². The molecule has 1 aliphatic carbocycles. The summed E-state index contributed by atoms with van der Waals surface area (Å²) in [4.78, 5) is 23.8. The molecule has 18 heavy (non-hydrogen) atoms. The molecule has 0 amide bonds. The van der Waals surface area contributed by atoms with Crippen molar-refractivity contribution in [2.75, 3.05) is 6.61 Å². The Bertz CT molecular complexity index is 507. The lowest BCUT2D eigenvalue weighted by Crippen LogP contribution is -2.28. The number of hydrogen-bond donors (Lipinski definition) is 0. The standard InChI is InChI=1S/C13H12F2O3/c1-2-18-12(17)13(5-6-13)11(16)9-4-3-8(14)7-10(9)15/h3-4,7H,2,5-6H2,1H3. The van der Waals surface area contributed by atoms with Crippen molar-refractivity contribution in [3.63, 3.8) is 0 Å². The minimum Gasteiger partial charge on any atom is -0.465 e. The van der Waals surface area contributed by atoms with Gasteiger partial charge in [-0.05, 0) is 31.9 Å². The lowest BCUT2D eigenvalue weighted by molar-refractivity contribution is -0.147. The van der Waals surface area contributed by atoms with Crippen LogP contribution in [0.15, 0.2) is 18.2 Å². The molecule has 0 N–H and O–H groups in total. The highest BCUT2D eigenvalue weighted by Gasteiger charge is 2.58. The summed E-state index contributed by atoms with van der Waals surface area (Å²) in [5.74, 6) is -2.96. The van der Waals surface area contributed by atoms with Crippen LogP contribution in [0.2, 0.25) is 0 Å². The van der Waals surface area contributed by atoms with Crippen molar-refractivity contribution in [2.45, 2.75) is 19.8 Å². The molecular weight excluding hydrogens is 242 g/mol. The SMILES string of the molecule is CCOC(=O)C1(C(=O)c2ccc(F)cc2F)CC1. The van der Waals surface area contributed by atoms with Crippen LogP contribution in [0.5, 0.6) is 0 Å². The van der Waals surface area contributed by atoms with Crippen LogP contribution in [0.4, 0.5) is 8.78 Å². The van der Waals surface area contributed by atoms with Crippen LogP contribution in [-0.4, -0.2) is 18.4 Å². The normalized spacial score (nSPS) is 16.2. The lowest BCUT2D eigenvalue weighted by Gasteiger charge is -2.13. The van der Waals surface area contributed by atoms with Crippen molar-refractivity contribution in [3.05, 3.63) is 35.4 Å². The van der Waals surface area contributed by atoms with Gasteiger partial charge in [0.2, 0.25) is 0 Å². The maximum atomic E-state index is 13.5. The van der Waals surface area contributed by atoms with Crippen LogP contribution in [0.25, 0.3) is 0 Å². The molecule has 5 heteroatoms. The summed E-state index contributed by atoms with van der Waals surface area (Å²) in [5.41, 5.74) is -1.52. The van der Waals surface area contributed by atoms with Crippen LogP contribution in [0.1, 0.15) is 30.1 Å². The maximum absolute atomic E-state index is 13.5. The summed E-state index contributed by atoms with van der Waals surface area (Å²) >= 11 is 0. The van der Waals surface area contributed by atoms with Crippen LogP contribution in [-0.2, 0) is 9.53 Å². The molecule has 0 atom stereocenters. The Hall–Kier alpha value is -1.78. The van der Waals surface area contributed by atoms with E-state index in [0.29, 0.717) is 18.9 Å². The monoisotopic (exact) mass is 254 g/mol. The molecule has 1 fully saturated rings. The highest BCUT2D eigenvalue weighted by atomic mass is 19.1. The fourth-order valence-corrected chi connectivity index (χ4v) is 1.85. The Morgan fingerprint density at radius 2 is 2.00 bits per heavy atom. The molecular formula is C13H12F2O3. The summed E-state index contributed by atoms with van der Waals surface area (Å²) in [6.07, 6.45) is 0.697. The molecule has 1 aromatic carbocycles. The Morgan fingerprint density at radius 1 is 1.33 bits per heavy atom. The second-order valence-electron chi connectivity index (χ2n) is 4.26. The zero-order valence-electron chi connectivity index (χ0n) is 9.83. The molecule has 0 spiro atoms. The third-order valence-electron chi connectivity index (χ3n) is 3.03. The molecule has 1 aromatic rings. The van der Waals surface area contributed by atoms with E-state index in [1.54, 1.807) is 6.92 Å². The van der Waals surface area contributed by atoms with E-state index in [1.807, 2.05) is 0 Å². The van der Waals surface area contributed by atoms with Crippen molar-refractivity contribution in [1.82, 2.24) is 0 Å². The zero-order chi connectivity index (χ0) is 13.3. The Labute approximate surface area is 103 Å². The molecule has 2 rings (SSSR count). The number of Topliss-reactive ketones (excluding diaryl/α,β-unsaturated/α-hetero) is 1. The van der Waals surface area contributed by atoms with E-state index in [9.17, 15) is 18.4 Å². The van der Waals surface area contributed by atoms with Crippen molar-refractivity contribution in [2.24, 2.45) is 5.41 Å². The van der Waals surface area contributed by atoms with Crippen molar-refractivity contribution < 1.29 is 23.1 Å².